The van der Waals surface area contributed by atoms with E-state index in [1.165, 1.54) is 18.3 Å². The van der Waals surface area contributed by atoms with Crippen LogP contribution in [0.2, 0.25) is 0 Å². The number of carbonyl (C=O) groups is 4. The summed E-state index contributed by atoms with van der Waals surface area (Å²) in [4.78, 5) is 73.7. The minimum atomic E-state index is -1.10. The Labute approximate surface area is 441 Å². The Morgan fingerprint density at radius 3 is 2.07 bits per heavy atom. The molecule has 1 aromatic carbocycles. The Morgan fingerprint density at radius 1 is 0.776 bits per heavy atom. The summed E-state index contributed by atoms with van der Waals surface area (Å²) in [5.74, 6) is -0.520. The Bertz CT molecular complexity index is 2730. The van der Waals surface area contributed by atoms with Crippen molar-refractivity contribution in [3.05, 3.63) is 108 Å². The molecule has 0 unspecified atom stereocenters. The summed E-state index contributed by atoms with van der Waals surface area (Å²) in [7, 11) is 0. The summed E-state index contributed by atoms with van der Waals surface area (Å²) in [6, 6.07) is 18.0. The number of ether oxygens (including phenoxy) is 8. The van der Waals surface area contributed by atoms with Crippen molar-refractivity contribution in [3.8, 4) is 40.7 Å². The molecule has 76 heavy (non-hydrogen) atoms. The zero-order valence-corrected chi connectivity index (χ0v) is 43.5. The highest BCUT2D eigenvalue weighted by Crippen LogP contribution is 2.40. The lowest BCUT2D eigenvalue weighted by atomic mass is 9.88. The largest absolute Gasteiger partial charge is 0.484 e. The van der Waals surface area contributed by atoms with Gasteiger partial charge in [-0.2, -0.15) is 5.26 Å². The quantitative estimate of drug-likeness (QED) is 0.0439. The summed E-state index contributed by atoms with van der Waals surface area (Å²) >= 11 is 0. The number of amides is 2. The number of ketones is 1. The van der Waals surface area contributed by atoms with E-state index in [2.05, 4.69) is 36.6 Å². The molecule has 22 nitrogen and oxygen atoms in total. The maximum absolute atomic E-state index is 13.3. The third-order valence-corrected chi connectivity index (χ3v) is 11.6. The average molecular weight is 1050 g/mol. The number of nitrogens with one attached hydrogen (secondary N) is 2. The number of nitriles is 1. The number of hydrogen-bond donors (Lipinski definition) is 3. The Balaban J connectivity index is 0.728. The lowest BCUT2D eigenvalue weighted by Crippen LogP contribution is -2.44. The fourth-order valence-corrected chi connectivity index (χ4v) is 7.38. The Morgan fingerprint density at radius 2 is 1.43 bits per heavy atom. The van der Waals surface area contributed by atoms with Crippen LogP contribution in [0.4, 0.5) is 5.82 Å². The third kappa shape index (κ3) is 18.0. The van der Waals surface area contributed by atoms with Gasteiger partial charge in [-0.15, -0.1) is 0 Å². The van der Waals surface area contributed by atoms with Gasteiger partial charge in [0, 0.05) is 61.1 Å². The van der Waals surface area contributed by atoms with Gasteiger partial charge >= 0.3 is 12.0 Å². The first-order valence-electron chi connectivity index (χ1n) is 24.8. The predicted molar refractivity (Wildman–Crippen MR) is 275 cm³/mol. The van der Waals surface area contributed by atoms with Crippen LogP contribution in [0, 0.1) is 16.7 Å². The summed E-state index contributed by atoms with van der Waals surface area (Å²) in [5, 5.41) is 24.4. The van der Waals surface area contributed by atoms with Crippen LogP contribution in [0.25, 0.3) is 11.3 Å². The highest BCUT2D eigenvalue weighted by molar-refractivity contribution is 6.13. The molecule has 1 aliphatic heterocycles. The molecule has 3 N–H and O–H groups in total. The molecular weight excluding hydrogens is 983 g/mol. The first-order valence-corrected chi connectivity index (χ1v) is 24.8. The SMILES string of the molecule is CC(C)(C)CC[C@H](NC(=O)c1ccc(Oc2cccc(OCC(=O)NCCOCCOCCOCCOCCOCCOc3ncc(-c4ccc5c(n4)N(Cc4cccnc4C#N)C(C)(C)C5=O)cn3)c2)nc1)C(=O)O. The predicted octanol–water partition coefficient (Wildman–Crippen LogP) is 5.64. The van der Waals surface area contributed by atoms with Crippen molar-refractivity contribution in [3.63, 3.8) is 0 Å². The summed E-state index contributed by atoms with van der Waals surface area (Å²) in [5.41, 5.74) is 1.99. The van der Waals surface area contributed by atoms with Crippen molar-refractivity contribution in [2.75, 3.05) is 90.7 Å². The molecule has 2 amide bonds. The highest BCUT2D eigenvalue weighted by Gasteiger charge is 2.45. The van der Waals surface area contributed by atoms with Crippen LogP contribution in [0.5, 0.6) is 23.4 Å². The van der Waals surface area contributed by atoms with E-state index in [0.29, 0.717) is 131 Å². The molecule has 0 spiro atoms. The van der Waals surface area contributed by atoms with E-state index in [1.54, 1.807) is 61.1 Å². The number of pyridine rings is 3. The number of anilines is 1. The van der Waals surface area contributed by atoms with Gasteiger partial charge in [-0.05, 0) is 68.5 Å². The number of aliphatic carboxylic acids is 1. The van der Waals surface area contributed by atoms with Gasteiger partial charge in [0.15, 0.2) is 12.4 Å². The number of Topliss-reactive ketones (excluding diaryl/α,β-unsaturated/α-hetero) is 1. The second kappa shape index (κ2) is 28.8. The van der Waals surface area contributed by atoms with Crippen molar-refractivity contribution >= 4 is 29.4 Å². The minimum absolute atomic E-state index is 0.0555. The normalized spacial score (nSPS) is 13.1. The molecule has 0 saturated carbocycles. The molecule has 404 valence electrons. The third-order valence-electron chi connectivity index (χ3n) is 11.6. The maximum Gasteiger partial charge on any atom is 0.326 e. The summed E-state index contributed by atoms with van der Waals surface area (Å²) < 4.78 is 44.8. The number of aromatic nitrogens is 5. The number of fused-ring (bicyclic) bond motifs is 1. The standard InChI is InChI=1S/C54H65N9O13/c1-53(2,3)16-15-44(51(67)68)62-50(66)37-11-14-47(58-32-37)76-41-10-6-9-40(30-41)75-36-46(64)57-18-19-69-20-21-70-22-23-71-24-25-72-26-27-73-28-29-74-52-59-33-39(34-60-52)43-13-12-42-48(65)54(4,5)63(49(42)61-43)35-38-8-7-17-56-45(38)31-55/h6-14,17,30,32-34,44H,15-16,18-29,35-36H2,1-5H3,(H,57,64)(H,62,66)(H,67,68)/t44-/m0/s1. The van der Waals surface area contributed by atoms with Crippen molar-refractivity contribution in [1.29, 1.82) is 5.26 Å². The molecule has 0 fully saturated rings. The van der Waals surface area contributed by atoms with Crippen LogP contribution in [-0.4, -0.2) is 151 Å². The number of hydrogen-bond acceptors (Lipinski definition) is 19. The smallest absolute Gasteiger partial charge is 0.326 e. The number of carbonyl (C=O) groups excluding carboxylic acids is 3. The molecule has 0 bridgehead atoms. The molecule has 0 radical (unpaired) electrons. The van der Waals surface area contributed by atoms with Gasteiger partial charge in [0.25, 0.3) is 11.8 Å². The summed E-state index contributed by atoms with van der Waals surface area (Å²) in [6.07, 6.45) is 7.02. The van der Waals surface area contributed by atoms with Gasteiger partial charge in [0.1, 0.15) is 41.7 Å². The van der Waals surface area contributed by atoms with Gasteiger partial charge in [0.05, 0.1) is 88.4 Å². The zero-order valence-electron chi connectivity index (χ0n) is 43.5. The molecule has 22 heteroatoms. The number of carboxylic acids is 1. The number of carboxylic acid groups (broad SMARTS) is 1. The molecule has 1 atom stereocenters. The molecule has 0 aliphatic carbocycles. The summed E-state index contributed by atoms with van der Waals surface area (Å²) in [6.45, 7) is 13.9. The monoisotopic (exact) mass is 1050 g/mol. The molecule has 4 aromatic heterocycles. The van der Waals surface area contributed by atoms with Crippen LogP contribution in [-0.2, 0) is 39.8 Å². The van der Waals surface area contributed by atoms with Crippen LogP contribution in [0.15, 0.2) is 85.5 Å². The average Bonchev–Trinajstić information content (AvgIpc) is 3.59. The first-order chi connectivity index (χ1) is 36.6. The van der Waals surface area contributed by atoms with Gasteiger partial charge in [0.2, 0.25) is 5.88 Å². The topological polar surface area (TPSA) is 278 Å². The van der Waals surface area contributed by atoms with E-state index in [4.69, 9.17) is 42.9 Å². The van der Waals surface area contributed by atoms with E-state index in [-0.39, 0.29) is 54.3 Å². The fraction of sp³-hybridized carbons (Fsp3) is 0.444. The molecular formula is C54H65N9O13. The molecule has 0 saturated heterocycles. The van der Waals surface area contributed by atoms with Crippen LogP contribution >= 0.6 is 0 Å². The number of rotatable bonds is 32. The molecule has 5 aromatic rings. The lowest BCUT2D eigenvalue weighted by Gasteiger charge is -2.32. The second-order valence-electron chi connectivity index (χ2n) is 18.9. The molecule has 5 heterocycles. The lowest BCUT2D eigenvalue weighted by molar-refractivity contribution is -0.139. The van der Waals surface area contributed by atoms with E-state index in [0.717, 1.165) is 0 Å². The Hall–Kier alpha value is -7.68. The number of benzene rings is 1. The van der Waals surface area contributed by atoms with Gasteiger partial charge < -0.3 is 58.5 Å². The van der Waals surface area contributed by atoms with Crippen molar-refractivity contribution in [2.24, 2.45) is 5.41 Å². The van der Waals surface area contributed by atoms with Crippen LogP contribution < -0.4 is 29.7 Å². The van der Waals surface area contributed by atoms with Crippen LogP contribution in [0.3, 0.4) is 0 Å². The van der Waals surface area contributed by atoms with Crippen LogP contribution in [0.1, 0.15) is 79.4 Å². The molecule has 6 rings (SSSR count). The van der Waals surface area contributed by atoms with E-state index < -0.39 is 23.5 Å². The van der Waals surface area contributed by atoms with Gasteiger partial charge in [-0.3, -0.25) is 14.4 Å². The van der Waals surface area contributed by atoms with E-state index >= 15 is 0 Å². The number of nitrogens with zero attached hydrogens (tertiary/aromatic N) is 7. The van der Waals surface area contributed by atoms with Crippen molar-refractivity contribution < 1.29 is 62.2 Å². The Kier molecular flexibility index (Phi) is 21.9. The second-order valence-corrected chi connectivity index (χ2v) is 18.9. The van der Waals surface area contributed by atoms with E-state index in [1.807, 2.05) is 45.6 Å². The van der Waals surface area contributed by atoms with E-state index in [9.17, 15) is 29.5 Å². The van der Waals surface area contributed by atoms with Gasteiger partial charge in [-0.1, -0.05) is 32.9 Å². The first kappa shape index (κ1) is 57.6. The zero-order chi connectivity index (χ0) is 54.3. The molecule has 1 aliphatic rings. The minimum Gasteiger partial charge on any atom is -0.484 e. The van der Waals surface area contributed by atoms with Crippen molar-refractivity contribution in [2.45, 2.75) is 65.6 Å². The van der Waals surface area contributed by atoms with Gasteiger partial charge in [-0.25, -0.2) is 29.7 Å². The van der Waals surface area contributed by atoms with Crippen molar-refractivity contribution in [1.82, 2.24) is 35.6 Å². The maximum atomic E-state index is 13.3. The fourth-order valence-electron chi connectivity index (χ4n) is 7.38. The highest BCUT2D eigenvalue weighted by atomic mass is 16.6.